The Kier molecular flexibility index (Phi) is 6.11. The normalized spacial score (nSPS) is 11.1. The van der Waals surface area contributed by atoms with E-state index in [-0.39, 0.29) is 0 Å². The van der Waals surface area contributed by atoms with Crippen molar-refractivity contribution in [1.29, 1.82) is 0 Å². The smallest absolute Gasteiger partial charge is 0.134 e. The number of halogens is 2. The van der Waals surface area contributed by atoms with Crippen molar-refractivity contribution in [3.63, 3.8) is 0 Å². The number of hydrogen-bond acceptors (Lipinski definition) is 3. The average molecular weight is 389 g/mol. The van der Waals surface area contributed by atoms with E-state index in [1.165, 1.54) is 15.3 Å². The van der Waals surface area contributed by atoms with E-state index in [2.05, 4.69) is 48.1 Å². The quantitative estimate of drug-likeness (QED) is 0.700. The van der Waals surface area contributed by atoms with Gasteiger partial charge in [0.2, 0.25) is 0 Å². The van der Waals surface area contributed by atoms with E-state index in [0.29, 0.717) is 17.7 Å². The van der Waals surface area contributed by atoms with Crippen LogP contribution in [-0.2, 0) is 13.2 Å². The van der Waals surface area contributed by atoms with Crippen LogP contribution in [0.3, 0.4) is 0 Å². The molecule has 2 rings (SSSR count). The van der Waals surface area contributed by atoms with E-state index in [1.54, 1.807) is 0 Å². The van der Waals surface area contributed by atoms with Crippen molar-refractivity contribution < 1.29 is 4.74 Å². The average Bonchev–Trinajstić information content (AvgIpc) is 2.76. The summed E-state index contributed by atoms with van der Waals surface area (Å²) in [6.45, 7) is 7.93. The molecular weight excluding hydrogens is 370 g/mol. The molecule has 0 radical (unpaired) electrons. The van der Waals surface area contributed by atoms with Gasteiger partial charge < -0.3 is 10.1 Å². The summed E-state index contributed by atoms with van der Waals surface area (Å²) in [5, 5.41) is 4.14. The first-order valence-corrected chi connectivity index (χ1v) is 8.84. The first-order chi connectivity index (χ1) is 9.95. The van der Waals surface area contributed by atoms with E-state index in [9.17, 15) is 0 Å². The summed E-state index contributed by atoms with van der Waals surface area (Å²) >= 11 is 11.2. The Morgan fingerprint density at radius 3 is 2.76 bits per heavy atom. The predicted molar refractivity (Wildman–Crippen MR) is 94.5 cm³/mol. The second kappa shape index (κ2) is 7.63. The number of aryl methyl sites for hydroxylation is 1. The highest BCUT2D eigenvalue weighted by atomic mass is 79.9. The molecule has 0 atom stereocenters. The van der Waals surface area contributed by atoms with Gasteiger partial charge in [0.1, 0.15) is 12.4 Å². The predicted octanol–water partition coefficient (Wildman–Crippen LogP) is 5.55. The lowest BCUT2D eigenvalue weighted by atomic mass is 10.2. The molecule has 5 heteroatoms. The van der Waals surface area contributed by atoms with Crippen LogP contribution in [0.1, 0.15) is 29.2 Å². The number of thiophene rings is 1. The fourth-order valence-corrected chi connectivity index (χ4v) is 3.67. The molecule has 1 N–H and O–H groups in total. The summed E-state index contributed by atoms with van der Waals surface area (Å²) < 4.78 is 6.76. The summed E-state index contributed by atoms with van der Waals surface area (Å²) in [6, 6.07) is 8.28. The molecule has 0 unspecified atom stereocenters. The molecule has 0 fully saturated rings. The third-order valence-corrected chi connectivity index (χ3v) is 4.98. The van der Waals surface area contributed by atoms with E-state index >= 15 is 0 Å². The molecule has 0 saturated heterocycles. The minimum absolute atomic E-state index is 0.497. The summed E-state index contributed by atoms with van der Waals surface area (Å²) in [6.07, 6.45) is 0. The van der Waals surface area contributed by atoms with Gasteiger partial charge in [0.25, 0.3) is 0 Å². The molecular formula is C16H19BrClNOS. The lowest BCUT2D eigenvalue weighted by molar-refractivity contribution is 0.304. The summed E-state index contributed by atoms with van der Waals surface area (Å²) in [5.74, 6) is 0.812. The Bertz CT molecular complexity index is 612. The summed E-state index contributed by atoms with van der Waals surface area (Å²) in [4.78, 5) is 2.65. The highest BCUT2D eigenvalue weighted by Crippen LogP contribution is 2.30. The van der Waals surface area contributed by atoms with Crippen molar-refractivity contribution in [2.75, 3.05) is 0 Å². The highest BCUT2D eigenvalue weighted by Gasteiger charge is 2.08. The Hall–Kier alpha value is -0.550. The third-order valence-electron chi connectivity index (χ3n) is 3.03. The zero-order valence-corrected chi connectivity index (χ0v) is 15.5. The van der Waals surface area contributed by atoms with Crippen LogP contribution < -0.4 is 10.1 Å². The zero-order chi connectivity index (χ0) is 15.4. The molecule has 0 aliphatic rings. The van der Waals surface area contributed by atoms with Crippen molar-refractivity contribution in [2.24, 2.45) is 0 Å². The molecule has 0 aliphatic carbocycles. The number of ether oxygens (including phenoxy) is 1. The van der Waals surface area contributed by atoms with Crippen molar-refractivity contribution in [3.8, 4) is 5.75 Å². The van der Waals surface area contributed by atoms with Crippen molar-refractivity contribution >= 4 is 38.9 Å². The molecule has 1 aromatic heterocycles. The maximum atomic E-state index is 5.93. The molecule has 2 nitrogen and oxygen atoms in total. The van der Waals surface area contributed by atoms with Gasteiger partial charge in [-0.25, -0.2) is 0 Å². The van der Waals surface area contributed by atoms with E-state index in [4.69, 9.17) is 16.3 Å². The largest absolute Gasteiger partial charge is 0.488 e. The maximum absolute atomic E-state index is 5.93. The molecule has 21 heavy (non-hydrogen) atoms. The van der Waals surface area contributed by atoms with Crippen molar-refractivity contribution in [2.45, 2.75) is 40.0 Å². The Morgan fingerprint density at radius 2 is 2.10 bits per heavy atom. The second-order valence-electron chi connectivity index (χ2n) is 5.19. The van der Waals surface area contributed by atoms with Crippen LogP contribution >= 0.6 is 38.9 Å². The van der Waals surface area contributed by atoms with Crippen LogP contribution in [0.25, 0.3) is 0 Å². The van der Waals surface area contributed by atoms with Crippen molar-refractivity contribution in [3.05, 3.63) is 49.1 Å². The lowest BCUT2D eigenvalue weighted by Gasteiger charge is -2.08. The minimum atomic E-state index is 0.497. The van der Waals surface area contributed by atoms with Gasteiger partial charge in [-0.15, -0.1) is 11.3 Å². The molecule has 0 spiro atoms. The van der Waals surface area contributed by atoms with Gasteiger partial charge in [-0.05, 0) is 47.1 Å². The number of benzene rings is 1. The van der Waals surface area contributed by atoms with E-state index in [0.717, 1.165) is 16.8 Å². The van der Waals surface area contributed by atoms with Gasteiger partial charge in [0, 0.05) is 32.9 Å². The Labute approximate surface area is 143 Å². The van der Waals surface area contributed by atoms with Gasteiger partial charge in [-0.2, -0.15) is 0 Å². The molecule has 0 aliphatic heterocycles. The zero-order valence-electron chi connectivity index (χ0n) is 12.4. The monoisotopic (exact) mass is 387 g/mol. The fraction of sp³-hybridized carbons (Fsp3) is 0.375. The van der Waals surface area contributed by atoms with E-state index in [1.807, 2.05) is 29.5 Å². The van der Waals surface area contributed by atoms with E-state index < -0.39 is 0 Å². The molecule has 0 saturated carbocycles. The standard InChI is InChI=1S/C16H19BrClNOS/c1-10(2)19-8-14-6-12(11(3)21-14)9-20-16-5-4-13(18)7-15(16)17/h4-7,10,19H,8-9H2,1-3H3. The van der Waals surface area contributed by atoms with Gasteiger partial charge >= 0.3 is 0 Å². The van der Waals surface area contributed by atoms with Gasteiger partial charge in [-0.1, -0.05) is 25.4 Å². The number of rotatable bonds is 6. The SMILES string of the molecule is Cc1sc(CNC(C)C)cc1COc1ccc(Cl)cc1Br. The Morgan fingerprint density at radius 1 is 1.33 bits per heavy atom. The summed E-state index contributed by atoms with van der Waals surface area (Å²) in [5.41, 5.74) is 1.24. The van der Waals surface area contributed by atoms with Crippen LogP contribution in [0.2, 0.25) is 5.02 Å². The first-order valence-electron chi connectivity index (χ1n) is 6.85. The van der Waals surface area contributed by atoms with Crippen LogP contribution in [0.5, 0.6) is 5.75 Å². The third kappa shape index (κ3) is 4.99. The molecule has 114 valence electrons. The highest BCUT2D eigenvalue weighted by molar-refractivity contribution is 9.10. The maximum Gasteiger partial charge on any atom is 0.134 e. The van der Waals surface area contributed by atoms with Crippen LogP contribution in [0, 0.1) is 6.92 Å². The molecule has 1 heterocycles. The van der Waals surface area contributed by atoms with Gasteiger partial charge in [-0.3, -0.25) is 0 Å². The molecule has 2 aromatic rings. The molecule has 0 bridgehead atoms. The lowest BCUT2D eigenvalue weighted by Crippen LogP contribution is -2.21. The van der Waals surface area contributed by atoms with Gasteiger partial charge in [0.05, 0.1) is 4.47 Å². The fourth-order valence-electron chi connectivity index (χ4n) is 1.87. The second-order valence-corrected chi connectivity index (χ2v) is 7.82. The molecule has 0 amide bonds. The first kappa shape index (κ1) is 16.8. The van der Waals surface area contributed by atoms with Crippen molar-refractivity contribution in [1.82, 2.24) is 5.32 Å². The summed E-state index contributed by atoms with van der Waals surface area (Å²) in [7, 11) is 0. The minimum Gasteiger partial charge on any atom is -0.488 e. The number of hydrogen-bond donors (Lipinski definition) is 1. The van der Waals surface area contributed by atoms with Crippen LogP contribution in [-0.4, -0.2) is 6.04 Å². The van der Waals surface area contributed by atoms with Gasteiger partial charge in [0.15, 0.2) is 0 Å². The van der Waals surface area contributed by atoms with Crippen LogP contribution in [0.15, 0.2) is 28.7 Å². The van der Waals surface area contributed by atoms with Crippen LogP contribution in [0.4, 0.5) is 0 Å². The molecule has 1 aromatic carbocycles. The Balaban J connectivity index is 1.99. The topological polar surface area (TPSA) is 21.3 Å². The number of nitrogens with one attached hydrogen (secondary N) is 1.